The van der Waals surface area contributed by atoms with Crippen LogP contribution in [0.25, 0.3) is 22.3 Å². The van der Waals surface area contributed by atoms with Crippen molar-refractivity contribution < 1.29 is 9.13 Å². The van der Waals surface area contributed by atoms with Gasteiger partial charge in [0, 0.05) is 44.0 Å². The first kappa shape index (κ1) is 23.7. The van der Waals surface area contributed by atoms with Crippen LogP contribution in [0.3, 0.4) is 0 Å². The zero-order chi connectivity index (χ0) is 26.1. The number of rotatable bonds is 6. The van der Waals surface area contributed by atoms with E-state index >= 15 is 4.39 Å². The molecule has 10 heteroatoms. The quantitative estimate of drug-likeness (QED) is 0.366. The SMILES string of the molecule is COc1ccc(-c2nc(N3CCN(c4ccccn4)CC3)nc3nn(Cc4ccccc4)c(N)c23)c(F)c1. The Balaban J connectivity index is 1.41. The van der Waals surface area contributed by atoms with Gasteiger partial charge in [0.25, 0.3) is 0 Å². The van der Waals surface area contributed by atoms with E-state index in [1.165, 1.54) is 13.2 Å². The Bertz CT molecular complexity index is 1570. The highest BCUT2D eigenvalue weighted by molar-refractivity contribution is 5.99. The molecular formula is C28H27FN8O. The monoisotopic (exact) mass is 510 g/mol. The lowest BCUT2D eigenvalue weighted by Gasteiger charge is -2.35. The molecule has 1 aliphatic heterocycles. The van der Waals surface area contributed by atoms with Crippen molar-refractivity contribution in [3.05, 3.63) is 84.3 Å². The Labute approximate surface area is 219 Å². The highest BCUT2D eigenvalue weighted by atomic mass is 19.1. The fraction of sp³-hybridized carbons (Fsp3) is 0.214. The molecule has 1 saturated heterocycles. The lowest BCUT2D eigenvalue weighted by molar-refractivity contribution is 0.411. The number of fused-ring (bicyclic) bond motifs is 1. The molecule has 0 amide bonds. The second kappa shape index (κ2) is 9.97. The number of ether oxygens (including phenoxy) is 1. The van der Waals surface area contributed by atoms with Gasteiger partial charge < -0.3 is 20.3 Å². The van der Waals surface area contributed by atoms with E-state index in [0.29, 0.717) is 59.4 Å². The van der Waals surface area contributed by atoms with Crippen molar-refractivity contribution in [3.63, 3.8) is 0 Å². The van der Waals surface area contributed by atoms with Gasteiger partial charge in [-0.1, -0.05) is 36.4 Å². The standard InChI is InChI=1S/C28H27FN8O/c1-38-20-10-11-21(22(29)17-20)25-24-26(30)37(18-19-7-3-2-4-8-19)34-27(24)33-28(32-25)36-15-13-35(14-16-36)23-9-5-6-12-31-23/h2-12,17H,13-16,18,30H2,1H3. The van der Waals surface area contributed by atoms with Crippen LogP contribution < -0.4 is 20.3 Å². The number of methoxy groups -OCH3 is 1. The number of pyridine rings is 1. The van der Waals surface area contributed by atoms with Crippen molar-refractivity contribution in [2.45, 2.75) is 6.54 Å². The number of piperazine rings is 1. The molecule has 0 saturated carbocycles. The van der Waals surface area contributed by atoms with Crippen LogP contribution in [0.1, 0.15) is 5.56 Å². The Kier molecular flexibility index (Phi) is 6.20. The molecule has 0 unspecified atom stereocenters. The predicted molar refractivity (Wildman–Crippen MR) is 146 cm³/mol. The molecule has 9 nitrogen and oxygen atoms in total. The summed E-state index contributed by atoms with van der Waals surface area (Å²) in [5.41, 5.74) is 8.79. The summed E-state index contributed by atoms with van der Waals surface area (Å²) < 4.78 is 22.2. The second-order valence-electron chi connectivity index (χ2n) is 9.11. The molecule has 1 aliphatic rings. The van der Waals surface area contributed by atoms with Crippen molar-refractivity contribution in [1.29, 1.82) is 0 Å². The van der Waals surface area contributed by atoms with E-state index in [-0.39, 0.29) is 0 Å². The van der Waals surface area contributed by atoms with Crippen molar-refractivity contribution in [2.24, 2.45) is 0 Å². The lowest BCUT2D eigenvalue weighted by Crippen LogP contribution is -2.47. The van der Waals surface area contributed by atoms with Crippen LogP contribution in [0.2, 0.25) is 0 Å². The van der Waals surface area contributed by atoms with Crippen LogP contribution in [-0.2, 0) is 6.54 Å². The largest absolute Gasteiger partial charge is 0.497 e. The van der Waals surface area contributed by atoms with Gasteiger partial charge in [0.1, 0.15) is 23.2 Å². The smallest absolute Gasteiger partial charge is 0.228 e. The fourth-order valence-corrected chi connectivity index (χ4v) is 4.75. The van der Waals surface area contributed by atoms with Crippen LogP contribution in [0.5, 0.6) is 5.75 Å². The van der Waals surface area contributed by atoms with E-state index in [1.807, 2.05) is 48.5 Å². The van der Waals surface area contributed by atoms with Gasteiger partial charge in [0.15, 0.2) is 5.65 Å². The first-order chi connectivity index (χ1) is 18.6. The Hall–Kier alpha value is -4.73. The molecule has 6 rings (SSSR count). The second-order valence-corrected chi connectivity index (χ2v) is 9.11. The summed E-state index contributed by atoms with van der Waals surface area (Å²) in [6, 6.07) is 20.5. The number of hydrogen-bond donors (Lipinski definition) is 1. The van der Waals surface area contributed by atoms with Crippen LogP contribution in [0, 0.1) is 5.82 Å². The molecule has 0 spiro atoms. The fourth-order valence-electron chi connectivity index (χ4n) is 4.75. The third-order valence-corrected chi connectivity index (χ3v) is 6.77. The number of halogens is 1. The van der Waals surface area contributed by atoms with Crippen LogP contribution >= 0.6 is 0 Å². The summed E-state index contributed by atoms with van der Waals surface area (Å²) >= 11 is 0. The first-order valence-corrected chi connectivity index (χ1v) is 12.4. The number of nitrogens with zero attached hydrogens (tertiary/aromatic N) is 7. The Morgan fingerprint density at radius 1 is 0.921 bits per heavy atom. The van der Waals surface area contributed by atoms with Gasteiger partial charge in [0.05, 0.1) is 24.7 Å². The van der Waals surface area contributed by atoms with Crippen LogP contribution in [0.4, 0.5) is 22.0 Å². The van der Waals surface area contributed by atoms with Crippen molar-refractivity contribution in [3.8, 4) is 17.0 Å². The maximum absolute atomic E-state index is 15.3. The number of benzene rings is 2. The average Bonchev–Trinajstić information content (AvgIpc) is 3.28. The summed E-state index contributed by atoms with van der Waals surface area (Å²) in [5, 5.41) is 5.25. The van der Waals surface area contributed by atoms with Gasteiger partial charge in [-0.15, -0.1) is 5.10 Å². The van der Waals surface area contributed by atoms with E-state index in [1.54, 1.807) is 23.0 Å². The van der Waals surface area contributed by atoms with Gasteiger partial charge in [0.2, 0.25) is 5.95 Å². The summed E-state index contributed by atoms with van der Waals surface area (Å²) in [4.78, 5) is 18.4. The van der Waals surface area contributed by atoms with Crippen LogP contribution in [0.15, 0.2) is 72.9 Å². The molecule has 0 atom stereocenters. The Morgan fingerprint density at radius 2 is 1.68 bits per heavy atom. The van der Waals surface area contributed by atoms with Crippen molar-refractivity contribution in [1.82, 2.24) is 24.7 Å². The molecular weight excluding hydrogens is 483 g/mol. The maximum Gasteiger partial charge on any atom is 0.228 e. The normalized spacial score (nSPS) is 13.7. The number of anilines is 3. The molecule has 0 radical (unpaired) electrons. The van der Waals surface area contributed by atoms with Crippen molar-refractivity contribution in [2.75, 3.05) is 48.8 Å². The minimum atomic E-state index is -0.453. The molecule has 2 N–H and O–H groups in total. The van der Waals surface area contributed by atoms with E-state index in [4.69, 9.17) is 25.5 Å². The highest BCUT2D eigenvalue weighted by Crippen LogP contribution is 2.35. The average molecular weight is 511 g/mol. The number of nitrogen functional groups attached to an aromatic ring is 1. The Morgan fingerprint density at radius 3 is 2.39 bits per heavy atom. The van der Waals surface area contributed by atoms with Crippen LogP contribution in [-0.4, -0.2) is 58.0 Å². The minimum Gasteiger partial charge on any atom is -0.497 e. The molecule has 0 bridgehead atoms. The molecule has 3 aromatic heterocycles. The van der Waals surface area contributed by atoms with Gasteiger partial charge >= 0.3 is 0 Å². The number of aromatic nitrogens is 5. The van der Waals surface area contributed by atoms with Gasteiger partial charge in [-0.2, -0.15) is 4.98 Å². The van der Waals surface area contributed by atoms with E-state index in [2.05, 4.69) is 14.8 Å². The van der Waals surface area contributed by atoms with E-state index in [9.17, 15) is 0 Å². The van der Waals surface area contributed by atoms with Gasteiger partial charge in [-0.25, -0.2) is 19.0 Å². The molecule has 0 aliphatic carbocycles. The predicted octanol–water partition coefficient (Wildman–Crippen LogP) is 3.99. The zero-order valence-corrected chi connectivity index (χ0v) is 21.0. The maximum atomic E-state index is 15.3. The number of nitrogens with two attached hydrogens (primary N) is 1. The molecule has 1 fully saturated rings. The summed E-state index contributed by atoms with van der Waals surface area (Å²) in [6.45, 7) is 3.36. The molecule has 4 heterocycles. The topological polar surface area (TPSA) is 98.2 Å². The zero-order valence-electron chi connectivity index (χ0n) is 21.0. The van der Waals surface area contributed by atoms with E-state index in [0.717, 1.165) is 24.5 Å². The first-order valence-electron chi connectivity index (χ1n) is 12.4. The molecule has 5 aromatic rings. The summed E-state index contributed by atoms with van der Waals surface area (Å²) in [5.74, 6) is 1.80. The third kappa shape index (κ3) is 4.45. The van der Waals surface area contributed by atoms with Gasteiger partial charge in [-0.3, -0.25) is 0 Å². The molecule has 192 valence electrons. The third-order valence-electron chi connectivity index (χ3n) is 6.77. The lowest BCUT2D eigenvalue weighted by atomic mass is 10.1. The van der Waals surface area contributed by atoms with E-state index < -0.39 is 5.82 Å². The minimum absolute atomic E-state index is 0.317. The summed E-state index contributed by atoms with van der Waals surface area (Å²) in [6.07, 6.45) is 1.80. The van der Waals surface area contributed by atoms with Crippen molar-refractivity contribution >= 4 is 28.6 Å². The highest BCUT2D eigenvalue weighted by Gasteiger charge is 2.25. The summed E-state index contributed by atoms with van der Waals surface area (Å²) in [7, 11) is 1.51. The molecule has 38 heavy (non-hydrogen) atoms. The van der Waals surface area contributed by atoms with Gasteiger partial charge in [-0.05, 0) is 29.8 Å². The molecule has 2 aromatic carbocycles. The number of hydrogen-bond acceptors (Lipinski definition) is 8.